The lowest BCUT2D eigenvalue weighted by Gasteiger charge is -2.16. The molecule has 1 aliphatic rings. The van der Waals surface area contributed by atoms with Gasteiger partial charge in [-0.3, -0.25) is 4.90 Å². The summed E-state index contributed by atoms with van der Waals surface area (Å²) in [6.07, 6.45) is 0. The van der Waals surface area contributed by atoms with Crippen LogP contribution in [0.15, 0.2) is 35.7 Å². The Labute approximate surface area is 137 Å². The van der Waals surface area contributed by atoms with Crippen molar-refractivity contribution in [1.29, 1.82) is 0 Å². The zero-order valence-electron chi connectivity index (χ0n) is 13.4. The molecule has 2 aromatic rings. The topological polar surface area (TPSA) is 42.2 Å². The molecule has 2 heterocycles. The average molecular weight is 315 g/mol. The normalized spacial score (nSPS) is 22.5. The summed E-state index contributed by atoms with van der Waals surface area (Å²) in [5, 5.41) is 3.45. The third-order valence-corrected chi connectivity index (χ3v) is 5.69. The van der Waals surface area contributed by atoms with Crippen LogP contribution in [-0.4, -0.2) is 29.5 Å². The molecule has 1 aliphatic heterocycles. The fraction of sp³-hybridized carbons (Fsp3) is 0.500. The minimum absolute atomic E-state index is 0.520. The zero-order valence-corrected chi connectivity index (χ0v) is 14.2. The Kier molecular flexibility index (Phi) is 4.91. The van der Waals surface area contributed by atoms with Gasteiger partial charge in [-0.25, -0.2) is 4.98 Å². The van der Waals surface area contributed by atoms with Crippen molar-refractivity contribution in [2.45, 2.75) is 32.2 Å². The van der Waals surface area contributed by atoms with Crippen LogP contribution in [0.25, 0.3) is 0 Å². The lowest BCUT2D eigenvalue weighted by molar-refractivity contribution is 0.313. The first-order chi connectivity index (χ1) is 10.7. The number of likely N-dealkylation sites (tertiary alicyclic amines) is 1. The van der Waals surface area contributed by atoms with E-state index in [9.17, 15) is 0 Å². The highest BCUT2D eigenvalue weighted by Crippen LogP contribution is 2.33. The molecule has 0 amide bonds. The van der Waals surface area contributed by atoms with Gasteiger partial charge < -0.3 is 5.73 Å². The minimum Gasteiger partial charge on any atom is -0.330 e. The highest BCUT2D eigenvalue weighted by Gasteiger charge is 2.32. The Balaban J connectivity index is 1.68. The van der Waals surface area contributed by atoms with E-state index in [1.807, 2.05) is 0 Å². The second-order valence-electron chi connectivity index (χ2n) is 6.54. The standard InChI is InChI=1S/C18H25N3S/c1-13(2)18-20-16(12-22-18)10-21-9-15(8-19)17(11-21)14-6-4-3-5-7-14/h3-7,12-13,15,17H,8-11,19H2,1-2H3/t15-,17+/m1/s1. The monoisotopic (exact) mass is 315 g/mol. The van der Waals surface area contributed by atoms with Crippen molar-refractivity contribution in [2.24, 2.45) is 11.7 Å². The Morgan fingerprint density at radius 3 is 2.68 bits per heavy atom. The molecular formula is C18H25N3S. The van der Waals surface area contributed by atoms with Crippen LogP contribution in [0.2, 0.25) is 0 Å². The smallest absolute Gasteiger partial charge is 0.0954 e. The van der Waals surface area contributed by atoms with Crippen molar-refractivity contribution < 1.29 is 0 Å². The first-order valence-electron chi connectivity index (χ1n) is 8.09. The molecule has 2 N–H and O–H groups in total. The van der Waals surface area contributed by atoms with Crippen molar-refractivity contribution in [2.75, 3.05) is 19.6 Å². The Morgan fingerprint density at radius 1 is 1.27 bits per heavy atom. The number of nitrogens with zero attached hydrogens (tertiary/aromatic N) is 2. The van der Waals surface area contributed by atoms with E-state index in [2.05, 4.69) is 54.5 Å². The number of aromatic nitrogens is 1. The molecular weight excluding hydrogens is 290 g/mol. The molecule has 0 saturated carbocycles. The van der Waals surface area contributed by atoms with Crippen LogP contribution < -0.4 is 5.73 Å². The highest BCUT2D eigenvalue weighted by atomic mass is 32.1. The number of rotatable bonds is 5. The lowest BCUT2D eigenvalue weighted by atomic mass is 9.89. The van der Waals surface area contributed by atoms with Gasteiger partial charge in [-0.05, 0) is 18.0 Å². The molecule has 3 rings (SSSR count). The van der Waals surface area contributed by atoms with E-state index in [1.165, 1.54) is 16.3 Å². The average Bonchev–Trinajstić information content (AvgIpc) is 3.15. The molecule has 0 unspecified atom stereocenters. The highest BCUT2D eigenvalue weighted by molar-refractivity contribution is 7.09. The number of nitrogens with two attached hydrogens (primary N) is 1. The molecule has 1 fully saturated rings. The third-order valence-electron chi connectivity index (χ3n) is 4.50. The van der Waals surface area contributed by atoms with Crippen LogP contribution in [0, 0.1) is 5.92 Å². The number of hydrogen-bond acceptors (Lipinski definition) is 4. The van der Waals surface area contributed by atoms with E-state index in [-0.39, 0.29) is 0 Å². The Morgan fingerprint density at radius 2 is 2.05 bits per heavy atom. The van der Waals surface area contributed by atoms with E-state index in [0.717, 1.165) is 26.2 Å². The molecule has 3 nitrogen and oxygen atoms in total. The largest absolute Gasteiger partial charge is 0.330 e. The van der Waals surface area contributed by atoms with Gasteiger partial charge in [-0.1, -0.05) is 44.2 Å². The summed E-state index contributed by atoms with van der Waals surface area (Å²) < 4.78 is 0. The van der Waals surface area contributed by atoms with Gasteiger partial charge >= 0.3 is 0 Å². The maximum atomic E-state index is 6.02. The van der Waals surface area contributed by atoms with Gasteiger partial charge in [0, 0.05) is 36.9 Å². The summed E-state index contributed by atoms with van der Waals surface area (Å²) in [6, 6.07) is 10.8. The van der Waals surface area contributed by atoms with E-state index >= 15 is 0 Å². The number of thiazole rings is 1. The maximum Gasteiger partial charge on any atom is 0.0954 e. The molecule has 1 aromatic heterocycles. The van der Waals surface area contributed by atoms with Gasteiger partial charge in [-0.2, -0.15) is 0 Å². The van der Waals surface area contributed by atoms with Gasteiger partial charge in [0.2, 0.25) is 0 Å². The van der Waals surface area contributed by atoms with E-state index in [0.29, 0.717) is 17.8 Å². The third kappa shape index (κ3) is 3.40. The predicted octanol–water partition coefficient (Wildman–Crippen LogP) is 3.44. The van der Waals surface area contributed by atoms with Gasteiger partial charge in [-0.15, -0.1) is 11.3 Å². The summed E-state index contributed by atoms with van der Waals surface area (Å²) in [4.78, 5) is 7.28. The minimum atomic E-state index is 0.520. The predicted molar refractivity (Wildman–Crippen MR) is 93.2 cm³/mol. The van der Waals surface area contributed by atoms with Crippen molar-refractivity contribution in [3.05, 3.63) is 52.0 Å². The molecule has 0 bridgehead atoms. The number of benzene rings is 1. The summed E-state index contributed by atoms with van der Waals surface area (Å²) in [5.41, 5.74) is 8.65. The van der Waals surface area contributed by atoms with Gasteiger partial charge in [0.1, 0.15) is 0 Å². The first-order valence-corrected chi connectivity index (χ1v) is 8.97. The quantitative estimate of drug-likeness (QED) is 0.919. The SMILES string of the molecule is CC(C)c1nc(CN2C[C@@H](CN)[C@H](c3ccccc3)C2)cs1. The molecule has 22 heavy (non-hydrogen) atoms. The zero-order chi connectivity index (χ0) is 15.5. The van der Waals surface area contributed by atoms with Crippen LogP contribution in [0.4, 0.5) is 0 Å². The summed E-state index contributed by atoms with van der Waals surface area (Å²) in [7, 11) is 0. The van der Waals surface area contributed by atoms with E-state index < -0.39 is 0 Å². The van der Waals surface area contributed by atoms with Crippen LogP contribution in [0.1, 0.15) is 41.9 Å². The van der Waals surface area contributed by atoms with Crippen LogP contribution in [0.5, 0.6) is 0 Å². The van der Waals surface area contributed by atoms with Crippen molar-refractivity contribution >= 4 is 11.3 Å². The van der Waals surface area contributed by atoms with Crippen molar-refractivity contribution in [3.8, 4) is 0 Å². The van der Waals surface area contributed by atoms with E-state index in [1.54, 1.807) is 11.3 Å². The fourth-order valence-electron chi connectivity index (χ4n) is 3.30. The summed E-state index contributed by atoms with van der Waals surface area (Å²) >= 11 is 1.78. The molecule has 2 atom stereocenters. The molecule has 0 radical (unpaired) electrons. The molecule has 1 aromatic carbocycles. The van der Waals surface area contributed by atoms with Crippen molar-refractivity contribution in [1.82, 2.24) is 9.88 Å². The molecule has 0 aliphatic carbocycles. The molecule has 0 spiro atoms. The van der Waals surface area contributed by atoms with E-state index in [4.69, 9.17) is 10.7 Å². The van der Waals surface area contributed by atoms with Gasteiger partial charge in [0.25, 0.3) is 0 Å². The number of hydrogen-bond donors (Lipinski definition) is 1. The Bertz CT molecular complexity index is 593. The summed E-state index contributed by atoms with van der Waals surface area (Å²) in [6.45, 7) is 8.27. The summed E-state index contributed by atoms with van der Waals surface area (Å²) in [5.74, 6) is 1.62. The molecule has 4 heteroatoms. The Hall–Kier alpha value is -1.23. The van der Waals surface area contributed by atoms with Crippen LogP contribution in [0.3, 0.4) is 0 Å². The molecule has 118 valence electrons. The second kappa shape index (κ2) is 6.90. The second-order valence-corrected chi connectivity index (χ2v) is 7.43. The van der Waals surface area contributed by atoms with Gasteiger partial charge in [0.05, 0.1) is 10.7 Å². The maximum absolute atomic E-state index is 6.02. The van der Waals surface area contributed by atoms with Crippen LogP contribution >= 0.6 is 11.3 Å². The van der Waals surface area contributed by atoms with Crippen LogP contribution in [-0.2, 0) is 6.54 Å². The first kappa shape index (κ1) is 15.7. The van der Waals surface area contributed by atoms with Crippen molar-refractivity contribution in [3.63, 3.8) is 0 Å². The van der Waals surface area contributed by atoms with Gasteiger partial charge in [0.15, 0.2) is 0 Å². The molecule has 1 saturated heterocycles. The lowest BCUT2D eigenvalue weighted by Crippen LogP contribution is -2.23. The fourth-order valence-corrected chi connectivity index (χ4v) is 4.12.